The predicted molar refractivity (Wildman–Crippen MR) is 116 cm³/mol. The van der Waals surface area contributed by atoms with Gasteiger partial charge in [-0.05, 0) is 43.0 Å². The summed E-state index contributed by atoms with van der Waals surface area (Å²) in [5, 5.41) is 9.35. The van der Waals surface area contributed by atoms with Crippen LogP contribution in [0.5, 0.6) is 0 Å². The largest absolute Gasteiger partial charge is 0.311 e. The van der Waals surface area contributed by atoms with Gasteiger partial charge in [0, 0.05) is 36.7 Å². The van der Waals surface area contributed by atoms with E-state index in [2.05, 4.69) is 39.7 Å². The molecule has 0 saturated heterocycles. The molecule has 0 aliphatic carbocycles. The number of fused-ring (bicyclic) bond motifs is 1. The molecule has 0 N–H and O–H groups in total. The van der Waals surface area contributed by atoms with Gasteiger partial charge in [-0.2, -0.15) is 0 Å². The van der Waals surface area contributed by atoms with Crippen molar-refractivity contribution in [3.63, 3.8) is 0 Å². The van der Waals surface area contributed by atoms with E-state index in [1.54, 1.807) is 12.4 Å². The van der Waals surface area contributed by atoms with E-state index in [9.17, 15) is 4.79 Å². The maximum absolute atomic E-state index is 13.2. The lowest BCUT2D eigenvalue weighted by atomic mass is 10.2. The van der Waals surface area contributed by atoms with E-state index in [1.165, 1.54) is 17.3 Å². The molecule has 0 saturated carbocycles. The van der Waals surface area contributed by atoms with E-state index in [-0.39, 0.29) is 11.2 Å². The van der Waals surface area contributed by atoms with Crippen LogP contribution in [0, 0.1) is 5.92 Å². The van der Waals surface area contributed by atoms with Gasteiger partial charge in [0.05, 0.1) is 5.25 Å². The molecule has 3 aromatic rings. The molecule has 29 heavy (non-hydrogen) atoms. The molecule has 0 bridgehead atoms. The van der Waals surface area contributed by atoms with Crippen LogP contribution in [-0.2, 0) is 17.8 Å². The quantitative estimate of drug-likeness (QED) is 0.577. The lowest BCUT2D eigenvalue weighted by Crippen LogP contribution is -2.35. The zero-order valence-electron chi connectivity index (χ0n) is 16.9. The molecule has 4 rings (SSSR count). The first-order valence-corrected chi connectivity index (χ1v) is 10.8. The summed E-state index contributed by atoms with van der Waals surface area (Å²) in [6.07, 6.45) is 4.45. The van der Waals surface area contributed by atoms with Crippen LogP contribution < -0.4 is 4.90 Å². The highest BCUT2D eigenvalue weighted by Gasteiger charge is 2.29. The summed E-state index contributed by atoms with van der Waals surface area (Å²) in [6, 6.07) is 12.0. The number of rotatable bonds is 6. The van der Waals surface area contributed by atoms with Crippen molar-refractivity contribution in [2.45, 2.75) is 44.1 Å². The first-order chi connectivity index (χ1) is 14.0. The molecule has 1 unspecified atom stereocenters. The Labute approximate surface area is 175 Å². The Morgan fingerprint density at radius 3 is 2.72 bits per heavy atom. The molecule has 1 aliphatic heterocycles. The molecule has 0 spiro atoms. The SMILES string of the molecule is CC(C)Cn1c(SC(C)C(=O)N2CCc3ccccc32)nnc1-c1cccnc1. The molecule has 3 heterocycles. The predicted octanol–water partition coefficient (Wildman–Crippen LogP) is 4.07. The van der Waals surface area contributed by atoms with E-state index in [0.717, 1.165) is 41.7 Å². The molecule has 150 valence electrons. The van der Waals surface area contributed by atoms with Crippen molar-refractivity contribution in [3.05, 3.63) is 54.4 Å². The summed E-state index contributed by atoms with van der Waals surface area (Å²) in [7, 11) is 0. The number of carbonyl (C=O) groups is 1. The molecule has 7 heteroatoms. The molecule has 0 radical (unpaired) electrons. The number of para-hydroxylation sites is 1. The smallest absolute Gasteiger partial charge is 0.240 e. The van der Waals surface area contributed by atoms with Crippen molar-refractivity contribution in [2.75, 3.05) is 11.4 Å². The minimum absolute atomic E-state index is 0.113. The highest BCUT2D eigenvalue weighted by molar-refractivity contribution is 8.00. The summed E-state index contributed by atoms with van der Waals surface area (Å²) in [4.78, 5) is 19.3. The summed E-state index contributed by atoms with van der Waals surface area (Å²) < 4.78 is 2.11. The van der Waals surface area contributed by atoms with Crippen LogP contribution in [0.15, 0.2) is 53.9 Å². The molecule has 2 aromatic heterocycles. The second-order valence-electron chi connectivity index (χ2n) is 7.68. The first-order valence-electron chi connectivity index (χ1n) is 9.94. The average molecular weight is 408 g/mol. The number of carbonyl (C=O) groups excluding carboxylic acids is 1. The van der Waals surface area contributed by atoms with E-state index >= 15 is 0 Å². The van der Waals surface area contributed by atoms with Gasteiger partial charge in [0.15, 0.2) is 11.0 Å². The van der Waals surface area contributed by atoms with Crippen molar-refractivity contribution in [3.8, 4) is 11.4 Å². The second kappa shape index (κ2) is 8.37. The second-order valence-corrected chi connectivity index (χ2v) is 8.99. The van der Waals surface area contributed by atoms with Gasteiger partial charge in [0.2, 0.25) is 5.91 Å². The number of thioether (sulfide) groups is 1. The molecule has 1 amide bonds. The normalized spacial score (nSPS) is 14.3. The Balaban J connectivity index is 1.57. The zero-order valence-corrected chi connectivity index (χ0v) is 17.8. The fourth-order valence-electron chi connectivity index (χ4n) is 3.61. The maximum atomic E-state index is 13.2. The third-order valence-corrected chi connectivity index (χ3v) is 6.04. The van der Waals surface area contributed by atoms with Gasteiger partial charge >= 0.3 is 0 Å². The van der Waals surface area contributed by atoms with E-state index < -0.39 is 0 Å². The van der Waals surface area contributed by atoms with Crippen LogP contribution in [-0.4, -0.2) is 37.5 Å². The number of anilines is 1. The van der Waals surface area contributed by atoms with Gasteiger partial charge in [-0.15, -0.1) is 10.2 Å². The van der Waals surface area contributed by atoms with Gasteiger partial charge < -0.3 is 9.47 Å². The van der Waals surface area contributed by atoms with Crippen molar-refractivity contribution in [1.29, 1.82) is 0 Å². The van der Waals surface area contributed by atoms with Gasteiger partial charge in [0.25, 0.3) is 0 Å². The Morgan fingerprint density at radius 2 is 1.97 bits per heavy atom. The molecular formula is C22H25N5OS. The molecule has 6 nitrogen and oxygen atoms in total. The number of hydrogen-bond acceptors (Lipinski definition) is 5. The third kappa shape index (κ3) is 4.05. The molecule has 1 aromatic carbocycles. The van der Waals surface area contributed by atoms with E-state index in [1.807, 2.05) is 42.2 Å². The zero-order chi connectivity index (χ0) is 20.4. The molecule has 1 aliphatic rings. The number of pyridine rings is 1. The van der Waals surface area contributed by atoms with Crippen LogP contribution >= 0.6 is 11.8 Å². The number of hydrogen-bond donors (Lipinski definition) is 0. The summed E-state index contributed by atoms with van der Waals surface area (Å²) >= 11 is 1.48. The van der Waals surface area contributed by atoms with Crippen LogP contribution in [0.1, 0.15) is 26.3 Å². The Bertz CT molecular complexity index is 1000. The highest BCUT2D eigenvalue weighted by Crippen LogP contribution is 2.32. The number of amides is 1. The lowest BCUT2D eigenvalue weighted by molar-refractivity contribution is -0.117. The van der Waals surface area contributed by atoms with Gasteiger partial charge in [0.1, 0.15) is 0 Å². The van der Waals surface area contributed by atoms with Crippen molar-refractivity contribution in [2.24, 2.45) is 5.92 Å². The van der Waals surface area contributed by atoms with Crippen LogP contribution in [0.25, 0.3) is 11.4 Å². The van der Waals surface area contributed by atoms with Crippen LogP contribution in [0.2, 0.25) is 0 Å². The summed E-state index contributed by atoms with van der Waals surface area (Å²) in [5.74, 6) is 1.33. The number of benzene rings is 1. The van der Waals surface area contributed by atoms with Crippen molar-refractivity contribution < 1.29 is 4.79 Å². The third-order valence-electron chi connectivity index (χ3n) is 4.97. The van der Waals surface area contributed by atoms with Gasteiger partial charge in [-0.3, -0.25) is 9.78 Å². The first kappa shape index (κ1) is 19.6. The highest BCUT2D eigenvalue weighted by atomic mass is 32.2. The minimum Gasteiger partial charge on any atom is -0.311 e. The van der Waals surface area contributed by atoms with E-state index in [4.69, 9.17) is 0 Å². The Hall–Kier alpha value is -2.67. The average Bonchev–Trinajstić information content (AvgIpc) is 3.32. The maximum Gasteiger partial charge on any atom is 0.240 e. The van der Waals surface area contributed by atoms with Gasteiger partial charge in [-0.1, -0.05) is 43.8 Å². The monoisotopic (exact) mass is 407 g/mol. The summed E-state index contributed by atoms with van der Waals surface area (Å²) in [5.41, 5.74) is 3.20. The Morgan fingerprint density at radius 1 is 1.14 bits per heavy atom. The minimum atomic E-state index is -0.252. The molecular weight excluding hydrogens is 382 g/mol. The fraction of sp³-hybridized carbons (Fsp3) is 0.364. The molecule has 0 fully saturated rings. The van der Waals surface area contributed by atoms with Crippen LogP contribution in [0.3, 0.4) is 0 Å². The molecule has 1 atom stereocenters. The van der Waals surface area contributed by atoms with Gasteiger partial charge in [-0.25, -0.2) is 0 Å². The topological polar surface area (TPSA) is 63.9 Å². The van der Waals surface area contributed by atoms with Crippen molar-refractivity contribution in [1.82, 2.24) is 19.7 Å². The number of aromatic nitrogens is 4. The Kier molecular flexibility index (Phi) is 5.67. The number of nitrogens with zero attached hydrogens (tertiary/aromatic N) is 5. The fourth-order valence-corrected chi connectivity index (χ4v) is 4.53. The van der Waals surface area contributed by atoms with E-state index in [0.29, 0.717) is 5.92 Å². The van der Waals surface area contributed by atoms with Crippen LogP contribution in [0.4, 0.5) is 5.69 Å². The van der Waals surface area contributed by atoms with Crippen molar-refractivity contribution >= 4 is 23.4 Å². The summed E-state index contributed by atoms with van der Waals surface area (Å²) in [6.45, 7) is 7.80. The standard InChI is InChI=1S/C22H25N5OS/c1-15(2)14-27-20(18-8-6-11-23-13-18)24-25-22(27)29-16(3)21(28)26-12-10-17-7-4-5-9-19(17)26/h4-9,11,13,15-16H,10,12,14H2,1-3H3. The lowest BCUT2D eigenvalue weighted by Gasteiger charge is -2.21.